The third-order valence-corrected chi connectivity index (χ3v) is 6.23. The molecule has 1 aliphatic heterocycles. The Morgan fingerprint density at radius 2 is 1.88 bits per heavy atom. The number of aromatic nitrogens is 1. The van der Waals surface area contributed by atoms with Gasteiger partial charge in [0.15, 0.2) is 0 Å². The number of thiazole rings is 1. The van der Waals surface area contributed by atoms with Crippen LogP contribution in [0.4, 0.5) is 5.69 Å². The number of carbonyl (C=O) groups is 1. The van der Waals surface area contributed by atoms with E-state index in [1.54, 1.807) is 11.3 Å². The lowest BCUT2D eigenvalue weighted by atomic mass is 10.2. The maximum atomic E-state index is 12.9. The first kappa shape index (κ1) is 16.4. The third-order valence-electron chi connectivity index (χ3n) is 4.15. The van der Waals surface area contributed by atoms with E-state index >= 15 is 0 Å². The summed E-state index contributed by atoms with van der Waals surface area (Å²) in [5, 5.41) is 2.97. The maximum Gasteiger partial charge on any atom is 0.233 e. The van der Waals surface area contributed by atoms with Gasteiger partial charge >= 0.3 is 0 Å². The molecule has 3 nitrogen and oxygen atoms in total. The Balaban J connectivity index is 1.54. The molecule has 0 fully saturated rings. The van der Waals surface area contributed by atoms with E-state index in [1.165, 1.54) is 4.90 Å². The highest BCUT2D eigenvalue weighted by molar-refractivity contribution is 7.99. The lowest BCUT2D eigenvalue weighted by molar-refractivity contribution is -0.118. The quantitative estimate of drug-likeness (QED) is 0.662. The molecule has 0 atom stereocenters. The molecule has 0 saturated heterocycles. The normalized spacial score (nSPS) is 14.0. The van der Waals surface area contributed by atoms with Crippen molar-refractivity contribution < 1.29 is 4.79 Å². The van der Waals surface area contributed by atoms with Gasteiger partial charge in [0.2, 0.25) is 5.91 Å². The Hall–Kier alpha value is -2.11. The third kappa shape index (κ3) is 3.62. The van der Waals surface area contributed by atoms with Crippen LogP contribution in [0.3, 0.4) is 0 Å². The molecule has 0 saturated carbocycles. The molecule has 2 heterocycles. The molecular formula is C20H18N2OS2. The van der Waals surface area contributed by atoms with Crippen molar-refractivity contribution in [3.63, 3.8) is 0 Å². The fourth-order valence-electron chi connectivity index (χ4n) is 2.94. The van der Waals surface area contributed by atoms with Crippen molar-refractivity contribution in [2.75, 3.05) is 17.2 Å². The first-order chi connectivity index (χ1) is 12.3. The Bertz CT molecular complexity index is 876. The summed E-state index contributed by atoms with van der Waals surface area (Å²) in [6.45, 7) is 0.776. The van der Waals surface area contributed by atoms with Gasteiger partial charge in [0, 0.05) is 22.4 Å². The Morgan fingerprint density at radius 1 is 1.08 bits per heavy atom. The lowest BCUT2D eigenvalue weighted by Gasteiger charge is -2.22. The molecule has 0 aliphatic carbocycles. The number of fused-ring (bicyclic) bond motifs is 1. The monoisotopic (exact) mass is 366 g/mol. The van der Waals surface area contributed by atoms with E-state index in [9.17, 15) is 4.79 Å². The van der Waals surface area contributed by atoms with Crippen LogP contribution in [-0.4, -0.2) is 23.2 Å². The number of hydrogen-bond acceptors (Lipinski definition) is 4. The van der Waals surface area contributed by atoms with E-state index in [0.717, 1.165) is 40.7 Å². The molecule has 0 radical (unpaired) electrons. The second kappa shape index (κ2) is 7.42. The highest BCUT2D eigenvalue weighted by atomic mass is 32.2. The molecule has 1 aromatic heterocycles. The van der Waals surface area contributed by atoms with Gasteiger partial charge in [-0.05, 0) is 24.3 Å². The van der Waals surface area contributed by atoms with Gasteiger partial charge in [-0.3, -0.25) is 4.79 Å². The first-order valence-corrected chi connectivity index (χ1v) is 10.2. The molecule has 0 bridgehead atoms. The number of carbonyl (C=O) groups excluding carboxylic acids is 1. The highest BCUT2D eigenvalue weighted by Gasteiger charge is 2.22. The molecule has 2 aromatic carbocycles. The average Bonchev–Trinajstić information content (AvgIpc) is 3.00. The topological polar surface area (TPSA) is 33.2 Å². The van der Waals surface area contributed by atoms with Crippen molar-refractivity contribution in [3.8, 4) is 10.6 Å². The molecule has 4 rings (SSSR count). The Kier molecular flexibility index (Phi) is 4.85. The standard InChI is InChI=1S/C20H18N2OS2/c23-19(22-11-6-12-24-18-10-5-4-9-17(18)22)13-16-14-25-20(21-16)15-7-2-1-3-8-15/h1-5,7-10,14H,6,11-13H2. The maximum absolute atomic E-state index is 12.9. The minimum Gasteiger partial charge on any atom is -0.311 e. The van der Waals surface area contributed by atoms with Crippen LogP contribution in [0.15, 0.2) is 64.9 Å². The van der Waals surface area contributed by atoms with Crippen LogP contribution in [0.25, 0.3) is 10.6 Å². The molecule has 0 spiro atoms. The zero-order chi connectivity index (χ0) is 17.1. The van der Waals surface area contributed by atoms with Gasteiger partial charge in [0.05, 0.1) is 17.8 Å². The number of para-hydroxylation sites is 1. The van der Waals surface area contributed by atoms with E-state index in [0.29, 0.717) is 6.42 Å². The largest absolute Gasteiger partial charge is 0.311 e. The smallest absolute Gasteiger partial charge is 0.233 e. The molecule has 25 heavy (non-hydrogen) atoms. The summed E-state index contributed by atoms with van der Waals surface area (Å²) in [5.41, 5.74) is 2.99. The first-order valence-electron chi connectivity index (χ1n) is 8.33. The van der Waals surface area contributed by atoms with Crippen molar-refractivity contribution in [1.29, 1.82) is 0 Å². The Morgan fingerprint density at radius 3 is 2.76 bits per heavy atom. The minimum atomic E-state index is 0.125. The van der Waals surface area contributed by atoms with Gasteiger partial charge in [-0.2, -0.15) is 0 Å². The van der Waals surface area contributed by atoms with Gasteiger partial charge in [-0.1, -0.05) is 42.5 Å². The number of nitrogens with zero attached hydrogens (tertiary/aromatic N) is 2. The zero-order valence-electron chi connectivity index (χ0n) is 13.7. The van der Waals surface area contributed by atoms with E-state index in [-0.39, 0.29) is 5.91 Å². The highest BCUT2D eigenvalue weighted by Crippen LogP contribution is 2.34. The fourth-order valence-corrected chi connectivity index (χ4v) is 4.76. The number of amides is 1. The Labute approximate surface area is 155 Å². The number of benzene rings is 2. The van der Waals surface area contributed by atoms with Crippen molar-refractivity contribution in [2.45, 2.75) is 17.7 Å². The molecular weight excluding hydrogens is 348 g/mol. The summed E-state index contributed by atoms with van der Waals surface area (Å²) in [5.74, 6) is 1.18. The van der Waals surface area contributed by atoms with Crippen molar-refractivity contribution in [2.24, 2.45) is 0 Å². The molecule has 5 heteroatoms. The van der Waals surface area contributed by atoms with Gasteiger partial charge < -0.3 is 4.90 Å². The van der Waals surface area contributed by atoms with Gasteiger partial charge in [0.25, 0.3) is 0 Å². The molecule has 1 amide bonds. The SMILES string of the molecule is O=C(Cc1csc(-c2ccccc2)n1)N1CCCSc2ccccc21. The molecule has 1 aliphatic rings. The van der Waals surface area contributed by atoms with Crippen LogP contribution in [0, 0.1) is 0 Å². The zero-order valence-corrected chi connectivity index (χ0v) is 15.4. The second-order valence-electron chi connectivity index (χ2n) is 5.90. The average molecular weight is 367 g/mol. The fraction of sp³-hybridized carbons (Fsp3) is 0.200. The molecule has 126 valence electrons. The van der Waals surface area contributed by atoms with E-state index in [1.807, 2.05) is 70.6 Å². The number of anilines is 1. The van der Waals surface area contributed by atoms with E-state index < -0.39 is 0 Å². The summed E-state index contributed by atoms with van der Waals surface area (Å²) in [6.07, 6.45) is 1.36. The molecule has 3 aromatic rings. The number of thioether (sulfide) groups is 1. The van der Waals surface area contributed by atoms with Crippen LogP contribution in [0.5, 0.6) is 0 Å². The predicted octanol–water partition coefficient (Wildman–Crippen LogP) is 4.88. The van der Waals surface area contributed by atoms with Gasteiger partial charge in [0.1, 0.15) is 5.01 Å². The summed E-state index contributed by atoms with van der Waals surface area (Å²) in [6, 6.07) is 18.3. The van der Waals surface area contributed by atoms with E-state index in [2.05, 4.69) is 11.1 Å². The van der Waals surface area contributed by atoms with Crippen LogP contribution in [0.1, 0.15) is 12.1 Å². The van der Waals surface area contributed by atoms with Crippen molar-refractivity contribution in [3.05, 3.63) is 65.7 Å². The number of hydrogen-bond donors (Lipinski definition) is 0. The predicted molar refractivity (Wildman–Crippen MR) is 105 cm³/mol. The molecule has 0 unspecified atom stereocenters. The van der Waals surface area contributed by atoms with Gasteiger partial charge in [-0.15, -0.1) is 23.1 Å². The van der Waals surface area contributed by atoms with Crippen LogP contribution >= 0.6 is 23.1 Å². The van der Waals surface area contributed by atoms with Crippen LogP contribution in [-0.2, 0) is 11.2 Å². The van der Waals surface area contributed by atoms with Crippen molar-refractivity contribution >= 4 is 34.7 Å². The minimum absolute atomic E-state index is 0.125. The van der Waals surface area contributed by atoms with E-state index in [4.69, 9.17) is 0 Å². The summed E-state index contributed by atoms with van der Waals surface area (Å²) >= 11 is 3.43. The second-order valence-corrected chi connectivity index (χ2v) is 7.90. The summed E-state index contributed by atoms with van der Waals surface area (Å²) < 4.78 is 0. The van der Waals surface area contributed by atoms with Gasteiger partial charge in [-0.25, -0.2) is 4.98 Å². The number of rotatable bonds is 3. The lowest BCUT2D eigenvalue weighted by Crippen LogP contribution is -2.33. The summed E-state index contributed by atoms with van der Waals surface area (Å²) in [4.78, 5) is 20.7. The van der Waals surface area contributed by atoms with Crippen LogP contribution in [0.2, 0.25) is 0 Å². The van der Waals surface area contributed by atoms with Crippen molar-refractivity contribution in [1.82, 2.24) is 4.98 Å². The molecule has 0 N–H and O–H groups in total. The summed E-state index contributed by atoms with van der Waals surface area (Å²) in [7, 11) is 0. The van der Waals surface area contributed by atoms with Crippen LogP contribution < -0.4 is 4.90 Å².